The molecule has 6 N–H and O–H groups in total. The number of nitrogens with zero attached hydrogens (tertiary/aromatic N) is 3. The number of hydrazone groups is 1. The highest BCUT2D eigenvalue weighted by Gasteiger charge is 2.14. The zero-order valence-electron chi connectivity index (χ0n) is 14.0. The van der Waals surface area contributed by atoms with Gasteiger partial charge >= 0.3 is 0 Å². The molecule has 0 aliphatic carbocycles. The van der Waals surface area contributed by atoms with Crippen molar-refractivity contribution in [2.24, 2.45) is 16.8 Å². The maximum atomic E-state index is 12.2. The summed E-state index contributed by atoms with van der Waals surface area (Å²) in [6.07, 6.45) is 0. The van der Waals surface area contributed by atoms with Crippen LogP contribution in [-0.2, 0) is 5.75 Å². The van der Waals surface area contributed by atoms with Gasteiger partial charge in [-0.2, -0.15) is 10.4 Å². The van der Waals surface area contributed by atoms with E-state index in [0.29, 0.717) is 22.4 Å². The lowest BCUT2D eigenvalue weighted by molar-refractivity contribution is 0.936. The standard InChI is InChI=1S/C17H15N7OS2/c18-8-12-14(13-5-2-6-26-13)21-17(22-16(12)25)27-9-10-3-1-4-11(7-10)15(23-19)24-20/h1-7H,9,19-20H2,(H,23,24)(H,21,22,25). The van der Waals surface area contributed by atoms with Crippen molar-refractivity contribution in [2.75, 3.05) is 0 Å². The predicted octanol–water partition coefficient (Wildman–Crippen LogP) is 1.75. The number of thiophene rings is 1. The summed E-state index contributed by atoms with van der Waals surface area (Å²) in [7, 11) is 0. The van der Waals surface area contributed by atoms with Crippen molar-refractivity contribution in [3.63, 3.8) is 0 Å². The summed E-state index contributed by atoms with van der Waals surface area (Å²) in [5, 5.41) is 15.2. The third-order valence-corrected chi connectivity index (χ3v) is 5.43. The van der Waals surface area contributed by atoms with E-state index in [2.05, 4.69) is 20.5 Å². The Balaban J connectivity index is 1.86. The van der Waals surface area contributed by atoms with Crippen LogP contribution in [0.3, 0.4) is 0 Å². The maximum absolute atomic E-state index is 12.2. The molecule has 0 saturated carbocycles. The molecule has 0 amide bonds. The third kappa shape index (κ3) is 4.17. The zero-order chi connectivity index (χ0) is 19.2. The molecular weight excluding hydrogens is 382 g/mol. The molecular formula is C17H15N7OS2. The number of benzene rings is 1. The molecule has 0 aliphatic heterocycles. The van der Waals surface area contributed by atoms with Gasteiger partial charge < -0.3 is 16.3 Å². The summed E-state index contributed by atoms with van der Waals surface area (Å²) in [6.45, 7) is 0. The third-order valence-electron chi connectivity index (χ3n) is 3.61. The molecule has 1 aromatic carbocycles. The molecule has 10 heteroatoms. The first-order valence-corrected chi connectivity index (χ1v) is 9.57. The molecule has 0 radical (unpaired) electrons. The molecule has 8 nitrogen and oxygen atoms in total. The molecule has 0 saturated heterocycles. The van der Waals surface area contributed by atoms with E-state index in [1.54, 1.807) is 0 Å². The highest BCUT2D eigenvalue weighted by atomic mass is 32.2. The molecule has 2 aromatic heterocycles. The van der Waals surface area contributed by atoms with Crippen LogP contribution < -0.4 is 22.7 Å². The smallest absolute Gasteiger partial charge is 0.270 e. The second-order valence-electron chi connectivity index (χ2n) is 5.29. The number of aromatic nitrogens is 2. The molecule has 0 bridgehead atoms. The first kappa shape index (κ1) is 18.7. The second-order valence-corrected chi connectivity index (χ2v) is 7.21. The minimum absolute atomic E-state index is 0.0154. The van der Waals surface area contributed by atoms with Crippen molar-refractivity contribution in [2.45, 2.75) is 10.9 Å². The summed E-state index contributed by atoms with van der Waals surface area (Å²) in [4.78, 5) is 20.2. The Kier molecular flexibility index (Phi) is 5.87. The molecule has 0 atom stereocenters. The van der Waals surface area contributed by atoms with Crippen LogP contribution in [-0.4, -0.2) is 15.8 Å². The lowest BCUT2D eigenvalue weighted by atomic mass is 10.1. The molecule has 3 rings (SSSR count). The van der Waals surface area contributed by atoms with Crippen LogP contribution >= 0.6 is 23.1 Å². The number of thioether (sulfide) groups is 1. The maximum Gasteiger partial charge on any atom is 0.270 e. The van der Waals surface area contributed by atoms with Crippen LogP contribution in [0.4, 0.5) is 0 Å². The summed E-state index contributed by atoms with van der Waals surface area (Å²) in [6, 6.07) is 13.1. The molecule has 27 heavy (non-hydrogen) atoms. The van der Waals surface area contributed by atoms with E-state index in [1.807, 2.05) is 47.8 Å². The predicted molar refractivity (Wildman–Crippen MR) is 107 cm³/mol. The van der Waals surface area contributed by atoms with Gasteiger partial charge in [-0.25, -0.2) is 10.8 Å². The van der Waals surface area contributed by atoms with Gasteiger partial charge in [0.25, 0.3) is 5.56 Å². The summed E-state index contributed by atoms with van der Waals surface area (Å²) < 4.78 is 0. The first-order valence-electron chi connectivity index (χ1n) is 7.71. The summed E-state index contributed by atoms with van der Waals surface area (Å²) in [5.41, 5.74) is 4.13. The SMILES string of the molecule is N#Cc1c(-c2cccs2)nc(SCc2cccc(/C(=N/N)NN)c2)[nH]c1=O. The van der Waals surface area contributed by atoms with Crippen molar-refractivity contribution in [3.05, 3.63) is 68.8 Å². The van der Waals surface area contributed by atoms with E-state index >= 15 is 0 Å². The number of nitrogens with two attached hydrogens (primary N) is 2. The van der Waals surface area contributed by atoms with Gasteiger partial charge in [0.1, 0.15) is 17.3 Å². The lowest BCUT2D eigenvalue weighted by Crippen LogP contribution is -2.32. The van der Waals surface area contributed by atoms with Crippen LogP contribution in [0, 0.1) is 11.3 Å². The van der Waals surface area contributed by atoms with Gasteiger partial charge in [0, 0.05) is 11.3 Å². The van der Waals surface area contributed by atoms with Crippen molar-refractivity contribution < 1.29 is 0 Å². The highest BCUT2D eigenvalue weighted by molar-refractivity contribution is 7.98. The number of rotatable bonds is 5. The average Bonchev–Trinajstić information content (AvgIpc) is 3.22. The average molecular weight is 397 g/mol. The molecule has 0 unspecified atom stereocenters. The Morgan fingerprint density at radius 3 is 2.93 bits per heavy atom. The van der Waals surface area contributed by atoms with E-state index in [9.17, 15) is 10.1 Å². The Morgan fingerprint density at radius 1 is 1.41 bits per heavy atom. The van der Waals surface area contributed by atoms with Crippen LogP contribution in [0.5, 0.6) is 0 Å². The number of amidine groups is 1. The number of nitriles is 1. The van der Waals surface area contributed by atoms with Gasteiger partial charge in [0.15, 0.2) is 11.0 Å². The Bertz CT molecular complexity index is 1070. The van der Waals surface area contributed by atoms with E-state index in [0.717, 1.165) is 16.0 Å². The Morgan fingerprint density at radius 2 is 2.26 bits per heavy atom. The van der Waals surface area contributed by atoms with E-state index < -0.39 is 5.56 Å². The quantitative estimate of drug-likeness (QED) is 0.128. The van der Waals surface area contributed by atoms with Crippen molar-refractivity contribution in [1.29, 1.82) is 5.26 Å². The van der Waals surface area contributed by atoms with Crippen molar-refractivity contribution in [1.82, 2.24) is 15.4 Å². The number of hydrazine groups is 1. The van der Waals surface area contributed by atoms with Gasteiger partial charge in [-0.1, -0.05) is 36.0 Å². The Hall–Kier alpha value is -3.13. The lowest BCUT2D eigenvalue weighted by Gasteiger charge is -2.08. The summed E-state index contributed by atoms with van der Waals surface area (Å²) in [5.74, 6) is 11.6. The van der Waals surface area contributed by atoms with Gasteiger partial charge in [-0.15, -0.1) is 11.3 Å². The minimum atomic E-state index is -0.447. The van der Waals surface area contributed by atoms with Gasteiger partial charge in [-0.05, 0) is 23.1 Å². The van der Waals surface area contributed by atoms with Gasteiger partial charge in [-0.3, -0.25) is 4.79 Å². The second kappa shape index (κ2) is 8.50. The van der Waals surface area contributed by atoms with Crippen LogP contribution in [0.25, 0.3) is 10.6 Å². The van der Waals surface area contributed by atoms with E-state index in [4.69, 9.17) is 11.7 Å². The fourth-order valence-corrected chi connectivity index (χ4v) is 3.90. The molecule has 136 valence electrons. The normalized spacial score (nSPS) is 11.2. The topological polar surface area (TPSA) is 146 Å². The zero-order valence-corrected chi connectivity index (χ0v) is 15.6. The van der Waals surface area contributed by atoms with Gasteiger partial charge in [0.2, 0.25) is 0 Å². The number of aromatic amines is 1. The van der Waals surface area contributed by atoms with Crippen molar-refractivity contribution >= 4 is 28.9 Å². The summed E-state index contributed by atoms with van der Waals surface area (Å²) >= 11 is 2.79. The molecule has 3 aromatic rings. The monoisotopic (exact) mass is 397 g/mol. The molecule has 0 fully saturated rings. The van der Waals surface area contributed by atoms with Gasteiger partial charge in [0.05, 0.1) is 4.88 Å². The largest absolute Gasteiger partial charge is 0.321 e. The number of hydrogen-bond donors (Lipinski definition) is 4. The molecule has 2 heterocycles. The molecule has 0 aliphatic rings. The number of hydrogen-bond acceptors (Lipinski definition) is 8. The Labute approximate surface area is 162 Å². The fourth-order valence-electron chi connectivity index (χ4n) is 2.37. The van der Waals surface area contributed by atoms with Crippen LogP contribution in [0.2, 0.25) is 0 Å². The van der Waals surface area contributed by atoms with Crippen LogP contribution in [0.15, 0.2) is 56.8 Å². The van der Waals surface area contributed by atoms with Crippen molar-refractivity contribution in [3.8, 4) is 16.6 Å². The van der Waals surface area contributed by atoms with E-state index in [-0.39, 0.29) is 5.56 Å². The molecule has 0 spiro atoms. The number of H-pyrrole nitrogens is 1. The minimum Gasteiger partial charge on any atom is -0.321 e. The highest BCUT2D eigenvalue weighted by Crippen LogP contribution is 2.27. The van der Waals surface area contributed by atoms with E-state index in [1.165, 1.54) is 23.1 Å². The van der Waals surface area contributed by atoms with Crippen LogP contribution in [0.1, 0.15) is 16.7 Å². The first-order chi connectivity index (χ1) is 13.2. The fraction of sp³-hybridized carbons (Fsp3) is 0.0588. The number of nitrogens with one attached hydrogen (secondary N) is 2.